The lowest BCUT2D eigenvalue weighted by atomic mass is 9.69. The fourth-order valence-corrected chi connectivity index (χ4v) is 3.88. The second kappa shape index (κ2) is 5.77. The summed E-state index contributed by atoms with van der Waals surface area (Å²) in [4.78, 5) is 17.5. The third kappa shape index (κ3) is 2.28. The maximum absolute atomic E-state index is 12.5. The first kappa shape index (κ1) is 14.8. The molecule has 2 aliphatic carbocycles. The zero-order chi connectivity index (χ0) is 13.9. The summed E-state index contributed by atoms with van der Waals surface area (Å²) in [5, 5.41) is 11.2. The number of rotatable bonds is 4. The van der Waals surface area contributed by atoms with Gasteiger partial charge in [0.25, 0.3) is 0 Å². The highest BCUT2D eigenvalue weighted by atomic mass is 16.6. The summed E-state index contributed by atoms with van der Waals surface area (Å²) in [5.74, 6) is -0.236. The fourth-order valence-electron chi connectivity index (χ4n) is 3.88. The molecule has 2 aliphatic rings. The molecule has 0 aromatic heterocycles. The predicted octanol–water partition coefficient (Wildman–Crippen LogP) is 1.54. The first-order valence-corrected chi connectivity index (χ1v) is 7.29. The van der Waals surface area contributed by atoms with E-state index in [0.717, 1.165) is 25.7 Å². The van der Waals surface area contributed by atoms with Crippen molar-refractivity contribution in [3.63, 3.8) is 0 Å². The van der Waals surface area contributed by atoms with E-state index in [0.29, 0.717) is 25.9 Å². The third-order valence-corrected chi connectivity index (χ3v) is 4.85. The molecule has 3 atom stereocenters. The molecule has 0 aromatic rings. The number of esters is 1. The number of hydroxylamine groups is 1. The SMILES string of the molecule is CCOC(=O)[C@@]12CCCCC[C@]1(O)[C@H](NOC)CC2. The average Bonchev–Trinajstić information content (AvgIpc) is 2.56. The van der Waals surface area contributed by atoms with Crippen molar-refractivity contribution in [3.05, 3.63) is 0 Å². The molecule has 5 heteroatoms. The van der Waals surface area contributed by atoms with E-state index in [1.54, 1.807) is 7.11 Å². The van der Waals surface area contributed by atoms with Crippen LogP contribution < -0.4 is 5.48 Å². The minimum Gasteiger partial charge on any atom is -0.465 e. The lowest BCUT2D eigenvalue weighted by Crippen LogP contribution is -2.58. The molecule has 5 nitrogen and oxygen atoms in total. The molecule has 0 spiro atoms. The van der Waals surface area contributed by atoms with Crippen LogP contribution in [0, 0.1) is 5.41 Å². The highest BCUT2D eigenvalue weighted by Crippen LogP contribution is 2.54. The Morgan fingerprint density at radius 3 is 2.74 bits per heavy atom. The van der Waals surface area contributed by atoms with Crippen molar-refractivity contribution in [3.8, 4) is 0 Å². The number of hydrogen-bond acceptors (Lipinski definition) is 5. The molecule has 0 aromatic carbocycles. The van der Waals surface area contributed by atoms with Crippen molar-refractivity contribution < 1.29 is 19.5 Å². The van der Waals surface area contributed by atoms with Crippen LogP contribution in [0.5, 0.6) is 0 Å². The van der Waals surface area contributed by atoms with Gasteiger partial charge in [0.15, 0.2) is 0 Å². The van der Waals surface area contributed by atoms with Gasteiger partial charge >= 0.3 is 5.97 Å². The Morgan fingerprint density at radius 1 is 1.32 bits per heavy atom. The van der Waals surface area contributed by atoms with Crippen LogP contribution in [0.1, 0.15) is 51.9 Å². The van der Waals surface area contributed by atoms with Gasteiger partial charge in [-0.2, -0.15) is 5.48 Å². The van der Waals surface area contributed by atoms with Gasteiger partial charge in [-0.25, -0.2) is 0 Å². The maximum atomic E-state index is 12.5. The third-order valence-electron chi connectivity index (χ3n) is 4.85. The molecule has 19 heavy (non-hydrogen) atoms. The average molecular weight is 271 g/mol. The summed E-state index contributed by atoms with van der Waals surface area (Å²) in [6, 6.07) is -0.194. The minimum atomic E-state index is -1.05. The van der Waals surface area contributed by atoms with Crippen LogP contribution in [-0.4, -0.2) is 36.4 Å². The van der Waals surface area contributed by atoms with Gasteiger partial charge in [0.2, 0.25) is 0 Å². The van der Waals surface area contributed by atoms with Crippen molar-refractivity contribution >= 4 is 5.97 Å². The van der Waals surface area contributed by atoms with Crippen molar-refractivity contribution in [2.24, 2.45) is 5.41 Å². The van der Waals surface area contributed by atoms with Crippen LogP contribution in [0.3, 0.4) is 0 Å². The van der Waals surface area contributed by atoms with Crippen LogP contribution in [0.25, 0.3) is 0 Å². The second-order valence-electron chi connectivity index (χ2n) is 5.70. The summed E-state index contributed by atoms with van der Waals surface area (Å²) in [5.41, 5.74) is 1.07. The molecular formula is C14H25NO4. The number of carbonyl (C=O) groups is 1. The maximum Gasteiger partial charge on any atom is 0.315 e. The Morgan fingerprint density at radius 2 is 2.05 bits per heavy atom. The number of nitrogens with one attached hydrogen (secondary N) is 1. The van der Waals surface area contributed by atoms with E-state index in [2.05, 4.69) is 5.48 Å². The smallest absolute Gasteiger partial charge is 0.315 e. The van der Waals surface area contributed by atoms with Crippen LogP contribution in [-0.2, 0) is 14.4 Å². The summed E-state index contributed by atoms with van der Waals surface area (Å²) in [6.45, 7) is 2.17. The Kier molecular flexibility index (Phi) is 4.48. The Balaban J connectivity index is 2.32. The van der Waals surface area contributed by atoms with Gasteiger partial charge in [-0.1, -0.05) is 19.3 Å². The van der Waals surface area contributed by atoms with E-state index in [1.165, 1.54) is 0 Å². The molecule has 0 aliphatic heterocycles. The number of ether oxygens (including phenoxy) is 1. The lowest BCUT2D eigenvalue weighted by Gasteiger charge is -2.42. The molecule has 0 amide bonds. The van der Waals surface area contributed by atoms with E-state index >= 15 is 0 Å². The highest BCUT2D eigenvalue weighted by molar-refractivity contribution is 5.79. The standard InChI is InChI=1S/C14H25NO4/c1-3-19-12(16)13-8-5-4-6-9-14(13,17)11(7-10-13)15-18-2/h11,15,17H,3-10H2,1-2H3/t11-,13+,14+/m1/s1. The molecule has 2 fully saturated rings. The quantitative estimate of drug-likeness (QED) is 0.600. The van der Waals surface area contributed by atoms with E-state index in [4.69, 9.17) is 9.57 Å². The number of hydrogen-bond donors (Lipinski definition) is 2. The van der Waals surface area contributed by atoms with Crippen LogP contribution in [0.2, 0.25) is 0 Å². The Bertz CT molecular complexity index is 335. The zero-order valence-corrected chi connectivity index (χ0v) is 11.9. The van der Waals surface area contributed by atoms with Crippen LogP contribution >= 0.6 is 0 Å². The minimum absolute atomic E-state index is 0.194. The van der Waals surface area contributed by atoms with Gasteiger partial charge in [-0.15, -0.1) is 0 Å². The van der Waals surface area contributed by atoms with Crippen molar-refractivity contribution in [1.82, 2.24) is 5.48 Å². The van der Waals surface area contributed by atoms with Gasteiger partial charge in [-0.05, 0) is 32.6 Å². The molecule has 0 saturated heterocycles. The molecule has 2 N–H and O–H groups in total. The summed E-state index contributed by atoms with van der Waals surface area (Å²) >= 11 is 0. The monoisotopic (exact) mass is 271 g/mol. The summed E-state index contributed by atoms with van der Waals surface area (Å²) in [7, 11) is 1.55. The normalized spacial score (nSPS) is 38.6. The van der Waals surface area contributed by atoms with Gasteiger partial charge < -0.3 is 14.7 Å². The predicted molar refractivity (Wildman–Crippen MR) is 70.3 cm³/mol. The highest BCUT2D eigenvalue weighted by Gasteiger charge is 2.64. The molecule has 0 unspecified atom stereocenters. The fraction of sp³-hybridized carbons (Fsp3) is 0.929. The largest absolute Gasteiger partial charge is 0.465 e. The Labute approximate surface area is 114 Å². The molecule has 2 rings (SSSR count). The first-order valence-electron chi connectivity index (χ1n) is 7.29. The first-order chi connectivity index (χ1) is 9.10. The summed E-state index contributed by atoms with van der Waals surface area (Å²) in [6.07, 6.45) is 5.73. The molecule has 0 radical (unpaired) electrons. The van der Waals surface area contributed by atoms with Gasteiger partial charge in [-0.3, -0.25) is 4.79 Å². The van der Waals surface area contributed by atoms with E-state index in [1.807, 2.05) is 6.92 Å². The van der Waals surface area contributed by atoms with Crippen LogP contribution in [0.15, 0.2) is 0 Å². The molecule has 2 saturated carbocycles. The van der Waals surface area contributed by atoms with E-state index in [9.17, 15) is 9.90 Å². The Hall–Kier alpha value is -0.650. The van der Waals surface area contributed by atoms with E-state index in [-0.39, 0.29) is 12.0 Å². The van der Waals surface area contributed by atoms with E-state index < -0.39 is 11.0 Å². The second-order valence-corrected chi connectivity index (χ2v) is 5.70. The van der Waals surface area contributed by atoms with Crippen molar-refractivity contribution in [1.29, 1.82) is 0 Å². The number of carbonyl (C=O) groups excluding carboxylic acids is 1. The zero-order valence-electron chi connectivity index (χ0n) is 11.9. The lowest BCUT2D eigenvalue weighted by molar-refractivity contribution is -0.177. The molecule has 0 heterocycles. The van der Waals surface area contributed by atoms with Crippen molar-refractivity contribution in [2.75, 3.05) is 13.7 Å². The molecule has 110 valence electrons. The number of fused-ring (bicyclic) bond motifs is 1. The summed E-state index contributed by atoms with van der Waals surface area (Å²) < 4.78 is 5.27. The van der Waals surface area contributed by atoms with Gasteiger partial charge in [0, 0.05) is 0 Å². The topological polar surface area (TPSA) is 67.8 Å². The van der Waals surface area contributed by atoms with Gasteiger partial charge in [0.1, 0.15) is 0 Å². The van der Waals surface area contributed by atoms with Crippen LogP contribution in [0.4, 0.5) is 0 Å². The van der Waals surface area contributed by atoms with Gasteiger partial charge in [0.05, 0.1) is 30.8 Å². The molecular weight excluding hydrogens is 246 g/mol. The molecule has 0 bridgehead atoms. The van der Waals surface area contributed by atoms with Crippen molar-refractivity contribution in [2.45, 2.75) is 63.5 Å². The number of aliphatic hydroxyl groups is 1.